The molecule has 0 aliphatic rings. The summed E-state index contributed by atoms with van der Waals surface area (Å²) in [5, 5.41) is 9.18. The third-order valence-electron chi connectivity index (χ3n) is 4.30. The molecule has 32 heavy (non-hydrogen) atoms. The number of rotatable bonds is 8. The van der Waals surface area contributed by atoms with Crippen LogP contribution in [0.25, 0.3) is 0 Å². The van der Waals surface area contributed by atoms with Gasteiger partial charge in [-0.1, -0.05) is 6.07 Å². The van der Waals surface area contributed by atoms with E-state index in [-0.39, 0.29) is 30.2 Å². The Labute approximate surface area is 182 Å². The highest BCUT2D eigenvalue weighted by atomic mass is 19.1. The highest BCUT2D eigenvalue weighted by Crippen LogP contribution is 2.22. The number of halogens is 2. The molecule has 10 heteroatoms. The summed E-state index contributed by atoms with van der Waals surface area (Å²) in [6.45, 7) is 0.276. The van der Waals surface area contributed by atoms with Crippen molar-refractivity contribution in [1.29, 1.82) is 0 Å². The summed E-state index contributed by atoms with van der Waals surface area (Å²) in [6.07, 6.45) is 1.39. The number of anilines is 5. The quantitative estimate of drug-likeness (QED) is 0.344. The standard InChI is InChI=1S/C22H19F2N7O/c1-32-18-4-2-3-17(12-18)28-22-30-20(26-13-14-9-10-25-19(24)11-14)29-21(31-22)27-16-7-5-15(23)6-8-16/h2-12H,13H2,1H3,(H3,26,27,28,29,30,31). The first kappa shape index (κ1) is 20.9. The van der Waals surface area contributed by atoms with E-state index in [0.717, 1.165) is 0 Å². The molecule has 2 aromatic heterocycles. The molecule has 0 aliphatic carbocycles. The van der Waals surface area contributed by atoms with E-state index in [2.05, 4.69) is 35.9 Å². The van der Waals surface area contributed by atoms with Crippen molar-refractivity contribution in [3.8, 4) is 5.75 Å². The molecule has 0 aliphatic heterocycles. The first-order valence-electron chi connectivity index (χ1n) is 9.61. The van der Waals surface area contributed by atoms with E-state index in [1.54, 1.807) is 31.4 Å². The van der Waals surface area contributed by atoms with Gasteiger partial charge in [-0.05, 0) is 54.1 Å². The molecule has 2 aromatic carbocycles. The van der Waals surface area contributed by atoms with Gasteiger partial charge in [0.2, 0.25) is 23.8 Å². The monoisotopic (exact) mass is 435 g/mol. The maximum absolute atomic E-state index is 13.4. The average molecular weight is 435 g/mol. The molecule has 0 bridgehead atoms. The zero-order chi connectivity index (χ0) is 22.3. The smallest absolute Gasteiger partial charge is 0.233 e. The predicted octanol–water partition coefficient (Wildman–Crippen LogP) is 4.65. The lowest BCUT2D eigenvalue weighted by atomic mass is 10.3. The van der Waals surface area contributed by atoms with Crippen molar-refractivity contribution in [2.24, 2.45) is 0 Å². The van der Waals surface area contributed by atoms with E-state index in [4.69, 9.17) is 4.74 Å². The predicted molar refractivity (Wildman–Crippen MR) is 117 cm³/mol. The Balaban J connectivity index is 1.59. The molecule has 0 atom stereocenters. The van der Waals surface area contributed by atoms with Gasteiger partial charge in [-0.25, -0.2) is 9.37 Å². The van der Waals surface area contributed by atoms with Crippen molar-refractivity contribution in [2.75, 3.05) is 23.1 Å². The molecule has 8 nitrogen and oxygen atoms in total. The second kappa shape index (κ2) is 9.65. The second-order valence-corrected chi connectivity index (χ2v) is 6.64. The van der Waals surface area contributed by atoms with Gasteiger partial charge in [-0.3, -0.25) is 0 Å². The van der Waals surface area contributed by atoms with E-state index in [1.807, 2.05) is 18.2 Å². The fraction of sp³-hybridized carbons (Fsp3) is 0.0909. The van der Waals surface area contributed by atoms with Crippen molar-refractivity contribution in [2.45, 2.75) is 6.54 Å². The fourth-order valence-electron chi connectivity index (χ4n) is 2.79. The number of hydrogen-bond donors (Lipinski definition) is 3. The largest absolute Gasteiger partial charge is 0.497 e. The molecule has 4 aromatic rings. The van der Waals surface area contributed by atoms with Gasteiger partial charge in [0.1, 0.15) is 11.6 Å². The van der Waals surface area contributed by atoms with Crippen molar-refractivity contribution >= 4 is 29.2 Å². The number of ether oxygens (including phenoxy) is 1. The molecule has 3 N–H and O–H groups in total. The maximum atomic E-state index is 13.4. The molecule has 0 spiro atoms. The highest BCUT2D eigenvalue weighted by molar-refractivity contribution is 5.60. The minimum atomic E-state index is -0.570. The van der Waals surface area contributed by atoms with Crippen molar-refractivity contribution in [3.05, 3.63) is 84.2 Å². The lowest BCUT2D eigenvalue weighted by Gasteiger charge is -2.12. The van der Waals surface area contributed by atoms with Gasteiger partial charge in [0.25, 0.3) is 0 Å². The Bertz CT molecular complexity index is 1210. The SMILES string of the molecule is COc1cccc(Nc2nc(NCc3ccnc(F)c3)nc(Nc3ccc(F)cc3)n2)c1. The molecule has 0 radical (unpaired) electrons. The van der Waals surface area contributed by atoms with Crippen molar-refractivity contribution in [1.82, 2.24) is 19.9 Å². The van der Waals surface area contributed by atoms with Crippen LogP contribution in [-0.2, 0) is 6.54 Å². The van der Waals surface area contributed by atoms with Crippen LogP contribution in [0.1, 0.15) is 5.56 Å². The molecule has 0 saturated carbocycles. The third kappa shape index (κ3) is 5.63. The summed E-state index contributed by atoms with van der Waals surface area (Å²) < 4.78 is 31.8. The second-order valence-electron chi connectivity index (χ2n) is 6.64. The molecular weight excluding hydrogens is 416 g/mol. The maximum Gasteiger partial charge on any atom is 0.233 e. The number of methoxy groups -OCH3 is 1. The van der Waals surface area contributed by atoms with Crippen LogP contribution >= 0.6 is 0 Å². The van der Waals surface area contributed by atoms with Gasteiger partial charge in [0.05, 0.1) is 7.11 Å². The zero-order valence-electron chi connectivity index (χ0n) is 17.0. The topological polar surface area (TPSA) is 96.9 Å². The summed E-state index contributed by atoms with van der Waals surface area (Å²) in [6, 6.07) is 16.1. The van der Waals surface area contributed by atoms with Crippen LogP contribution in [0.4, 0.5) is 38.0 Å². The van der Waals surface area contributed by atoms with Crippen LogP contribution in [0, 0.1) is 11.8 Å². The lowest BCUT2D eigenvalue weighted by molar-refractivity contribution is 0.415. The van der Waals surface area contributed by atoms with Crippen molar-refractivity contribution in [3.63, 3.8) is 0 Å². The molecule has 0 fully saturated rings. The Hall–Kier alpha value is -4.34. The summed E-state index contributed by atoms with van der Waals surface area (Å²) in [4.78, 5) is 16.7. The summed E-state index contributed by atoms with van der Waals surface area (Å²) in [5.41, 5.74) is 1.99. The van der Waals surface area contributed by atoms with E-state index < -0.39 is 5.95 Å². The Kier molecular flexibility index (Phi) is 6.30. The molecule has 0 unspecified atom stereocenters. The Morgan fingerprint density at radius 3 is 2.25 bits per heavy atom. The summed E-state index contributed by atoms with van der Waals surface area (Å²) in [7, 11) is 1.58. The normalized spacial score (nSPS) is 10.5. The fourth-order valence-corrected chi connectivity index (χ4v) is 2.79. The van der Waals surface area contributed by atoms with Gasteiger partial charge in [0.15, 0.2) is 0 Å². The van der Waals surface area contributed by atoms with Crippen LogP contribution in [0.2, 0.25) is 0 Å². The molecule has 162 valence electrons. The van der Waals surface area contributed by atoms with Gasteiger partial charge in [0, 0.05) is 30.2 Å². The van der Waals surface area contributed by atoms with Gasteiger partial charge < -0.3 is 20.7 Å². The minimum Gasteiger partial charge on any atom is -0.497 e. The van der Waals surface area contributed by atoms with Crippen molar-refractivity contribution < 1.29 is 13.5 Å². The van der Waals surface area contributed by atoms with Crippen LogP contribution in [0.3, 0.4) is 0 Å². The molecule has 0 saturated heterocycles. The summed E-state index contributed by atoms with van der Waals surface area (Å²) in [5.74, 6) is 0.512. The summed E-state index contributed by atoms with van der Waals surface area (Å²) >= 11 is 0. The first-order chi connectivity index (χ1) is 15.6. The molecule has 4 rings (SSSR count). The minimum absolute atomic E-state index is 0.236. The van der Waals surface area contributed by atoms with Gasteiger partial charge in [-0.15, -0.1) is 0 Å². The highest BCUT2D eigenvalue weighted by Gasteiger charge is 2.09. The van der Waals surface area contributed by atoms with Crippen LogP contribution in [-0.4, -0.2) is 27.0 Å². The number of benzene rings is 2. The Morgan fingerprint density at radius 1 is 0.812 bits per heavy atom. The van der Waals surface area contributed by atoms with Crippen LogP contribution in [0.15, 0.2) is 66.9 Å². The average Bonchev–Trinajstić information content (AvgIpc) is 2.79. The molecule has 2 heterocycles. The van der Waals surface area contributed by atoms with Gasteiger partial charge in [-0.2, -0.15) is 19.3 Å². The van der Waals surface area contributed by atoms with Crippen LogP contribution in [0.5, 0.6) is 5.75 Å². The van der Waals surface area contributed by atoms with E-state index in [0.29, 0.717) is 22.7 Å². The lowest BCUT2D eigenvalue weighted by Crippen LogP contribution is -2.10. The molecular formula is C22H19F2N7O. The van der Waals surface area contributed by atoms with E-state index in [1.165, 1.54) is 24.4 Å². The first-order valence-corrected chi connectivity index (χ1v) is 9.61. The Morgan fingerprint density at radius 2 is 1.53 bits per heavy atom. The molecule has 0 amide bonds. The van der Waals surface area contributed by atoms with E-state index >= 15 is 0 Å². The number of nitrogens with zero attached hydrogens (tertiary/aromatic N) is 4. The number of nitrogens with one attached hydrogen (secondary N) is 3. The number of pyridine rings is 1. The van der Waals surface area contributed by atoms with Gasteiger partial charge >= 0.3 is 0 Å². The number of aromatic nitrogens is 4. The van der Waals surface area contributed by atoms with E-state index in [9.17, 15) is 8.78 Å². The zero-order valence-corrected chi connectivity index (χ0v) is 17.0. The third-order valence-corrected chi connectivity index (χ3v) is 4.30. The van der Waals surface area contributed by atoms with Crippen LogP contribution < -0.4 is 20.7 Å². The number of hydrogen-bond acceptors (Lipinski definition) is 8.